The predicted octanol–water partition coefficient (Wildman–Crippen LogP) is 1.85. The van der Waals surface area contributed by atoms with Crippen molar-refractivity contribution in [1.29, 1.82) is 0 Å². The average Bonchev–Trinajstić information content (AvgIpc) is 2.46. The van der Waals surface area contributed by atoms with Gasteiger partial charge in [0.1, 0.15) is 5.75 Å². The number of allylic oxidation sites excluding steroid dienone is 1. The van der Waals surface area contributed by atoms with Crippen LogP contribution in [0.25, 0.3) is 6.08 Å². The summed E-state index contributed by atoms with van der Waals surface area (Å²) in [5.41, 5.74) is 9.99. The molecule has 0 aliphatic heterocycles. The highest BCUT2D eigenvalue weighted by molar-refractivity contribution is 7.80. The molecule has 1 aromatic carbocycles. The Balaban J connectivity index is 2.75. The van der Waals surface area contributed by atoms with Gasteiger partial charge in [0.2, 0.25) is 0 Å². The highest BCUT2D eigenvalue weighted by atomic mass is 32.1. The lowest BCUT2D eigenvalue weighted by Gasteiger charge is -2.09. The summed E-state index contributed by atoms with van der Waals surface area (Å²) < 4.78 is 5.13. The second-order valence-electron chi connectivity index (χ2n) is 4.74. The smallest absolute Gasteiger partial charge is 0.184 e. The monoisotopic (exact) mass is 306 g/mol. The number of hydrogen-bond donors (Lipinski definition) is 2. The Labute approximate surface area is 131 Å². The molecular formula is C15H22N4OS. The number of benzene rings is 1. The fourth-order valence-corrected chi connectivity index (χ4v) is 1.59. The third kappa shape index (κ3) is 7.43. The summed E-state index contributed by atoms with van der Waals surface area (Å²) in [4.78, 5) is 2.09. The number of ether oxygens (including phenoxy) is 1. The van der Waals surface area contributed by atoms with Gasteiger partial charge < -0.3 is 15.4 Å². The minimum atomic E-state index is 0.162. The molecule has 0 aliphatic rings. The number of hydrazone groups is 1. The Morgan fingerprint density at radius 3 is 2.57 bits per heavy atom. The average molecular weight is 306 g/mol. The molecule has 1 rings (SSSR count). The van der Waals surface area contributed by atoms with E-state index < -0.39 is 0 Å². The number of nitrogens with one attached hydrogen (secondary N) is 1. The predicted molar refractivity (Wildman–Crippen MR) is 92.6 cm³/mol. The normalized spacial score (nSPS) is 11.9. The summed E-state index contributed by atoms with van der Waals surface area (Å²) >= 11 is 4.77. The van der Waals surface area contributed by atoms with Crippen LogP contribution in [-0.2, 0) is 0 Å². The van der Waals surface area contributed by atoms with Crippen LogP contribution in [0.5, 0.6) is 5.75 Å². The Morgan fingerprint density at radius 1 is 1.38 bits per heavy atom. The van der Waals surface area contributed by atoms with Crippen LogP contribution < -0.4 is 15.9 Å². The molecule has 0 aromatic heterocycles. The molecule has 5 nitrogen and oxygen atoms in total. The molecule has 0 radical (unpaired) electrons. The molecule has 0 bridgehead atoms. The van der Waals surface area contributed by atoms with Gasteiger partial charge in [0.25, 0.3) is 0 Å². The standard InChI is InChI=1S/C15H22N4OS/c1-19(2)11-10-13(17-18-15(16)21)7-4-12-5-8-14(20-3)9-6-12/h4-9H,10-11H2,1-3H3,(H3,16,18,21)/b7-4+,17-13-. The van der Waals surface area contributed by atoms with Crippen molar-refractivity contribution >= 4 is 29.1 Å². The molecule has 0 saturated carbocycles. The number of thiocarbonyl (C=S) groups is 1. The van der Waals surface area contributed by atoms with Crippen LogP contribution in [0, 0.1) is 0 Å². The first-order chi connectivity index (χ1) is 10.0. The van der Waals surface area contributed by atoms with Gasteiger partial charge in [-0.3, -0.25) is 5.43 Å². The summed E-state index contributed by atoms with van der Waals surface area (Å²) in [6.45, 7) is 0.894. The van der Waals surface area contributed by atoms with Crippen molar-refractivity contribution in [3.05, 3.63) is 35.9 Å². The van der Waals surface area contributed by atoms with Gasteiger partial charge in [-0.25, -0.2) is 0 Å². The molecule has 6 heteroatoms. The minimum absolute atomic E-state index is 0.162. The molecule has 0 atom stereocenters. The summed E-state index contributed by atoms with van der Waals surface area (Å²) in [6.07, 6.45) is 4.75. The number of methoxy groups -OCH3 is 1. The maximum absolute atomic E-state index is 5.40. The van der Waals surface area contributed by atoms with E-state index >= 15 is 0 Å². The highest BCUT2D eigenvalue weighted by Crippen LogP contribution is 2.12. The molecule has 1 aromatic rings. The van der Waals surface area contributed by atoms with E-state index in [-0.39, 0.29) is 5.11 Å². The zero-order valence-corrected chi connectivity index (χ0v) is 13.5. The van der Waals surface area contributed by atoms with Gasteiger partial charge in [-0.15, -0.1) is 0 Å². The summed E-state index contributed by atoms with van der Waals surface area (Å²) in [6, 6.07) is 7.81. The second kappa shape index (κ2) is 9.10. The summed E-state index contributed by atoms with van der Waals surface area (Å²) in [5, 5.41) is 4.37. The van der Waals surface area contributed by atoms with Gasteiger partial charge in [0.15, 0.2) is 5.11 Å². The SMILES string of the molecule is COc1ccc(/C=C/C(CCN(C)C)=N/NC(N)=S)cc1. The van der Waals surface area contributed by atoms with E-state index in [4.69, 9.17) is 22.7 Å². The first kappa shape index (κ1) is 17.1. The third-order valence-electron chi connectivity index (χ3n) is 2.71. The molecule has 21 heavy (non-hydrogen) atoms. The van der Waals surface area contributed by atoms with E-state index in [1.807, 2.05) is 50.5 Å². The van der Waals surface area contributed by atoms with Crippen molar-refractivity contribution < 1.29 is 4.74 Å². The minimum Gasteiger partial charge on any atom is -0.497 e. The lowest BCUT2D eigenvalue weighted by Crippen LogP contribution is -2.26. The molecule has 0 unspecified atom stereocenters. The van der Waals surface area contributed by atoms with E-state index in [2.05, 4.69) is 15.4 Å². The first-order valence-electron chi connectivity index (χ1n) is 6.60. The lowest BCUT2D eigenvalue weighted by molar-refractivity contribution is 0.415. The van der Waals surface area contributed by atoms with Crippen LogP contribution in [0.1, 0.15) is 12.0 Å². The van der Waals surface area contributed by atoms with Crippen molar-refractivity contribution in [2.75, 3.05) is 27.7 Å². The van der Waals surface area contributed by atoms with E-state index in [0.29, 0.717) is 0 Å². The molecule has 0 aliphatic carbocycles. The Hall–Kier alpha value is -1.92. The number of hydrogen-bond acceptors (Lipinski definition) is 4. The number of nitrogens with zero attached hydrogens (tertiary/aromatic N) is 2. The van der Waals surface area contributed by atoms with Crippen LogP contribution in [-0.4, -0.2) is 43.5 Å². The van der Waals surface area contributed by atoms with E-state index in [1.165, 1.54) is 0 Å². The molecule has 0 heterocycles. The van der Waals surface area contributed by atoms with Crippen LogP contribution in [0.4, 0.5) is 0 Å². The fraction of sp³-hybridized carbons (Fsp3) is 0.333. The van der Waals surface area contributed by atoms with Gasteiger partial charge in [0, 0.05) is 13.0 Å². The highest BCUT2D eigenvalue weighted by Gasteiger charge is 1.98. The first-order valence-corrected chi connectivity index (χ1v) is 7.01. The van der Waals surface area contributed by atoms with Crippen molar-refractivity contribution in [1.82, 2.24) is 10.3 Å². The van der Waals surface area contributed by atoms with Crippen LogP contribution in [0.15, 0.2) is 35.4 Å². The van der Waals surface area contributed by atoms with Crippen molar-refractivity contribution in [3.8, 4) is 5.75 Å². The maximum atomic E-state index is 5.40. The third-order valence-corrected chi connectivity index (χ3v) is 2.80. The summed E-state index contributed by atoms with van der Waals surface area (Å²) in [7, 11) is 5.69. The lowest BCUT2D eigenvalue weighted by atomic mass is 10.1. The van der Waals surface area contributed by atoms with E-state index in [1.54, 1.807) is 7.11 Å². The van der Waals surface area contributed by atoms with E-state index in [9.17, 15) is 0 Å². The second-order valence-corrected chi connectivity index (χ2v) is 5.18. The van der Waals surface area contributed by atoms with Crippen molar-refractivity contribution in [2.45, 2.75) is 6.42 Å². The van der Waals surface area contributed by atoms with Crippen LogP contribution >= 0.6 is 12.2 Å². The topological polar surface area (TPSA) is 62.9 Å². The maximum Gasteiger partial charge on any atom is 0.184 e. The molecule has 0 fully saturated rings. The van der Waals surface area contributed by atoms with Crippen molar-refractivity contribution in [2.24, 2.45) is 10.8 Å². The van der Waals surface area contributed by atoms with Gasteiger partial charge in [-0.1, -0.05) is 18.2 Å². The van der Waals surface area contributed by atoms with Crippen molar-refractivity contribution in [3.63, 3.8) is 0 Å². The van der Waals surface area contributed by atoms with Gasteiger partial charge in [-0.05, 0) is 50.1 Å². The van der Waals surface area contributed by atoms with Crippen LogP contribution in [0.3, 0.4) is 0 Å². The molecule has 3 N–H and O–H groups in total. The largest absolute Gasteiger partial charge is 0.497 e. The van der Waals surface area contributed by atoms with Gasteiger partial charge in [0.05, 0.1) is 12.8 Å². The Morgan fingerprint density at radius 2 is 2.05 bits per heavy atom. The number of rotatable bonds is 7. The number of nitrogens with two attached hydrogens (primary N) is 1. The molecule has 0 spiro atoms. The van der Waals surface area contributed by atoms with Gasteiger partial charge >= 0.3 is 0 Å². The van der Waals surface area contributed by atoms with E-state index in [0.717, 1.165) is 30.0 Å². The van der Waals surface area contributed by atoms with Gasteiger partial charge in [-0.2, -0.15) is 5.10 Å². The van der Waals surface area contributed by atoms with Crippen LogP contribution in [0.2, 0.25) is 0 Å². The molecular weight excluding hydrogens is 284 g/mol. The molecule has 0 saturated heterocycles. The zero-order chi connectivity index (χ0) is 15.7. The zero-order valence-electron chi connectivity index (χ0n) is 12.7. The fourth-order valence-electron chi connectivity index (χ4n) is 1.55. The Kier molecular flexibility index (Phi) is 7.42. The summed E-state index contributed by atoms with van der Waals surface area (Å²) in [5.74, 6) is 0.837. The quantitative estimate of drug-likeness (QED) is 0.457. The molecule has 114 valence electrons. The Bertz CT molecular complexity index is 509. The molecule has 0 amide bonds.